The minimum atomic E-state index is -0.607. The van der Waals surface area contributed by atoms with Gasteiger partial charge in [0.1, 0.15) is 5.75 Å². The summed E-state index contributed by atoms with van der Waals surface area (Å²) in [5.74, 6) is -0.676. The molecule has 3 N–H and O–H groups in total. The summed E-state index contributed by atoms with van der Waals surface area (Å²) in [4.78, 5) is 0. The van der Waals surface area contributed by atoms with Crippen LogP contribution in [0.3, 0.4) is 0 Å². The Morgan fingerprint density at radius 3 is 2.54 bits per heavy atom. The number of unbranched alkanes of at least 4 members (excludes halogenated alkanes) is 2. The molecule has 4 heteroatoms. The molecule has 2 aromatic rings. The van der Waals surface area contributed by atoms with E-state index in [1.165, 1.54) is 17.7 Å². The van der Waals surface area contributed by atoms with Gasteiger partial charge < -0.3 is 15.3 Å². The molecule has 0 heterocycles. The molecule has 0 aliphatic heterocycles. The third-order valence-electron chi connectivity index (χ3n) is 5.03. The zero-order chi connectivity index (χ0) is 18.5. The van der Waals surface area contributed by atoms with Crippen molar-refractivity contribution < 1.29 is 19.7 Å². The van der Waals surface area contributed by atoms with Crippen LogP contribution in [0.4, 0.5) is 4.39 Å². The highest BCUT2D eigenvalue weighted by atomic mass is 19.1. The smallest absolute Gasteiger partial charge is 0.165 e. The van der Waals surface area contributed by atoms with Crippen LogP contribution in [-0.4, -0.2) is 21.9 Å². The topological polar surface area (TPSA) is 60.7 Å². The maximum Gasteiger partial charge on any atom is 0.165 e. The average Bonchev–Trinajstić information content (AvgIpc) is 2.80. The minimum Gasteiger partial charge on any atom is -0.508 e. The molecule has 0 bridgehead atoms. The van der Waals surface area contributed by atoms with Crippen molar-refractivity contribution in [3.8, 4) is 11.5 Å². The Balaban J connectivity index is 2.06. The largest absolute Gasteiger partial charge is 0.508 e. The molecule has 0 fully saturated rings. The van der Waals surface area contributed by atoms with E-state index in [0.29, 0.717) is 0 Å². The van der Waals surface area contributed by atoms with Gasteiger partial charge in [-0.2, -0.15) is 0 Å². The van der Waals surface area contributed by atoms with Crippen LogP contribution < -0.4 is 0 Å². The van der Waals surface area contributed by atoms with E-state index in [9.17, 15) is 14.6 Å². The summed E-state index contributed by atoms with van der Waals surface area (Å²) < 4.78 is 13.9. The molecule has 1 aliphatic carbocycles. The zero-order valence-corrected chi connectivity index (χ0v) is 14.8. The Kier molecular flexibility index (Phi) is 5.94. The molecular weight excluding hydrogens is 331 g/mol. The maximum atomic E-state index is 13.9. The van der Waals surface area contributed by atoms with Gasteiger partial charge in [-0.25, -0.2) is 4.39 Å². The monoisotopic (exact) mass is 356 g/mol. The Bertz CT molecular complexity index is 811. The normalized spacial score (nSPS) is 14.2. The van der Waals surface area contributed by atoms with Gasteiger partial charge in [-0.15, -0.1) is 0 Å². The molecule has 0 amide bonds. The number of benzene rings is 2. The van der Waals surface area contributed by atoms with Gasteiger partial charge in [0.25, 0.3) is 0 Å². The molecule has 0 spiro atoms. The number of hydrogen-bond acceptors (Lipinski definition) is 3. The lowest BCUT2D eigenvalue weighted by Crippen LogP contribution is -1.95. The number of hydrogen-bond donors (Lipinski definition) is 3. The van der Waals surface area contributed by atoms with Gasteiger partial charge in [-0.1, -0.05) is 18.6 Å². The molecule has 3 rings (SSSR count). The fourth-order valence-electron chi connectivity index (χ4n) is 3.74. The number of aliphatic hydroxyl groups excluding tert-OH is 1. The van der Waals surface area contributed by atoms with Crippen LogP contribution in [0.25, 0.3) is 11.1 Å². The van der Waals surface area contributed by atoms with E-state index in [-0.39, 0.29) is 18.1 Å². The molecule has 0 unspecified atom stereocenters. The van der Waals surface area contributed by atoms with E-state index < -0.39 is 5.82 Å². The summed E-state index contributed by atoms with van der Waals surface area (Å²) >= 11 is 0. The SMILES string of the molecule is OCCCCCC1=C(c2ccc(O)c(F)c2)CCCc2cc(O)ccc21. The van der Waals surface area contributed by atoms with E-state index in [1.54, 1.807) is 12.1 Å². The summed E-state index contributed by atoms with van der Waals surface area (Å²) in [6.45, 7) is 0.194. The van der Waals surface area contributed by atoms with Gasteiger partial charge in [-0.3, -0.25) is 0 Å². The van der Waals surface area contributed by atoms with E-state index in [1.807, 2.05) is 12.1 Å². The number of aliphatic hydroxyl groups is 1. The Labute approximate surface area is 153 Å². The first kappa shape index (κ1) is 18.5. The average molecular weight is 356 g/mol. The van der Waals surface area contributed by atoms with Crippen molar-refractivity contribution in [3.63, 3.8) is 0 Å². The Morgan fingerprint density at radius 2 is 1.77 bits per heavy atom. The Hall–Kier alpha value is -2.33. The zero-order valence-electron chi connectivity index (χ0n) is 14.8. The first-order valence-corrected chi connectivity index (χ1v) is 9.24. The number of fused-ring (bicyclic) bond motifs is 1. The van der Waals surface area contributed by atoms with Crippen molar-refractivity contribution in [1.29, 1.82) is 0 Å². The third kappa shape index (κ3) is 4.07. The second kappa shape index (κ2) is 8.37. The second-order valence-corrected chi connectivity index (χ2v) is 6.85. The summed E-state index contributed by atoms with van der Waals surface area (Å²) in [5.41, 5.74) is 5.33. The van der Waals surface area contributed by atoms with E-state index in [0.717, 1.165) is 67.2 Å². The number of allylic oxidation sites excluding steroid dienone is 2. The molecule has 138 valence electrons. The number of halogens is 1. The Morgan fingerprint density at radius 1 is 0.923 bits per heavy atom. The molecule has 26 heavy (non-hydrogen) atoms. The van der Waals surface area contributed by atoms with Gasteiger partial charge >= 0.3 is 0 Å². The predicted octanol–water partition coefficient (Wildman–Crippen LogP) is 5.04. The summed E-state index contributed by atoms with van der Waals surface area (Å²) in [6, 6.07) is 10.1. The van der Waals surface area contributed by atoms with Gasteiger partial charge in [0.2, 0.25) is 0 Å². The number of aromatic hydroxyl groups is 2. The predicted molar refractivity (Wildman–Crippen MR) is 101 cm³/mol. The highest BCUT2D eigenvalue weighted by Crippen LogP contribution is 2.40. The first-order chi connectivity index (χ1) is 12.6. The van der Waals surface area contributed by atoms with Crippen LogP contribution >= 0.6 is 0 Å². The second-order valence-electron chi connectivity index (χ2n) is 6.85. The van der Waals surface area contributed by atoms with E-state index in [4.69, 9.17) is 5.11 Å². The van der Waals surface area contributed by atoms with Crippen LogP contribution in [0.5, 0.6) is 11.5 Å². The quantitative estimate of drug-likeness (QED) is 0.636. The molecular formula is C22H25FO3. The molecule has 2 aromatic carbocycles. The molecule has 0 radical (unpaired) electrons. The lowest BCUT2D eigenvalue weighted by Gasteiger charge is -2.16. The van der Waals surface area contributed by atoms with Gasteiger partial charge in [0.15, 0.2) is 11.6 Å². The molecule has 0 saturated carbocycles. The molecule has 0 atom stereocenters. The lowest BCUT2D eigenvalue weighted by atomic mass is 9.89. The highest BCUT2D eigenvalue weighted by molar-refractivity contribution is 5.92. The van der Waals surface area contributed by atoms with Gasteiger partial charge in [0.05, 0.1) is 0 Å². The molecule has 0 aromatic heterocycles. The standard InChI is InChI=1S/C22H25FO3/c23-21-14-16(8-11-22(21)26)18-7-4-5-15-13-17(25)9-10-19(15)20(18)6-2-1-3-12-24/h8-11,13-14,24-26H,1-7,12H2. The lowest BCUT2D eigenvalue weighted by molar-refractivity contribution is 0.283. The van der Waals surface area contributed by atoms with Crippen LogP contribution in [-0.2, 0) is 6.42 Å². The van der Waals surface area contributed by atoms with E-state index >= 15 is 0 Å². The maximum absolute atomic E-state index is 13.9. The summed E-state index contributed by atoms with van der Waals surface area (Å²) in [7, 11) is 0. The van der Waals surface area contributed by atoms with Crippen LogP contribution in [0.2, 0.25) is 0 Å². The number of aryl methyl sites for hydroxylation is 1. The fourth-order valence-corrected chi connectivity index (χ4v) is 3.74. The third-order valence-corrected chi connectivity index (χ3v) is 5.03. The van der Waals surface area contributed by atoms with Crippen LogP contribution in [0.1, 0.15) is 55.2 Å². The van der Waals surface area contributed by atoms with Gasteiger partial charge in [0, 0.05) is 6.61 Å². The highest BCUT2D eigenvalue weighted by Gasteiger charge is 2.19. The van der Waals surface area contributed by atoms with Crippen molar-refractivity contribution in [3.05, 3.63) is 58.9 Å². The van der Waals surface area contributed by atoms with Crippen LogP contribution in [0, 0.1) is 5.82 Å². The first-order valence-electron chi connectivity index (χ1n) is 9.24. The number of phenolic OH excluding ortho intramolecular Hbond substituents is 2. The minimum absolute atomic E-state index is 0.194. The molecule has 3 nitrogen and oxygen atoms in total. The van der Waals surface area contributed by atoms with Crippen molar-refractivity contribution in [2.75, 3.05) is 6.61 Å². The van der Waals surface area contributed by atoms with Crippen molar-refractivity contribution in [2.45, 2.75) is 44.9 Å². The molecule has 0 saturated heterocycles. The molecule has 1 aliphatic rings. The fraction of sp³-hybridized carbons (Fsp3) is 0.364. The van der Waals surface area contributed by atoms with Crippen molar-refractivity contribution >= 4 is 11.1 Å². The van der Waals surface area contributed by atoms with Gasteiger partial charge in [-0.05, 0) is 90.6 Å². The van der Waals surface area contributed by atoms with Crippen molar-refractivity contribution in [2.24, 2.45) is 0 Å². The summed E-state index contributed by atoms with van der Waals surface area (Å²) in [6.07, 6.45) is 6.12. The number of rotatable bonds is 6. The number of phenols is 2. The van der Waals surface area contributed by atoms with Crippen LogP contribution in [0.15, 0.2) is 36.4 Å². The summed E-state index contributed by atoms with van der Waals surface area (Å²) in [5, 5.41) is 28.4. The van der Waals surface area contributed by atoms with Crippen molar-refractivity contribution in [1.82, 2.24) is 0 Å². The van der Waals surface area contributed by atoms with E-state index in [2.05, 4.69) is 0 Å².